The van der Waals surface area contributed by atoms with E-state index in [0.717, 1.165) is 59.9 Å². The van der Waals surface area contributed by atoms with Crippen molar-refractivity contribution in [1.29, 1.82) is 0 Å². The monoisotopic (exact) mass is 501 g/mol. The molecule has 5 aromatic rings. The van der Waals surface area contributed by atoms with Crippen LogP contribution in [0.3, 0.4) is 0 Å². The Hall–Kier alpha value is -3.82. The summed E-state index contributed by atoms with van der Waals surface area (Å²) in [4.78, 5) is 20.3. The van der Waals surface area contributed by atoms with Crippen LogP contribution in [-0.4, -0.2) is 55.2 Å². The van der Waals surface area contributed by atoms with Gasteiger partial charge in [-0.15, -0.1) is 12.4 Å². The lowest BCUT2D eigenvalue weighted by Crippen LogP contribution is -2.50. The third-order valence-corrected chi connectivity index (χ3v) is 6.65. The molecule has 2 N–H and O–H groups in total. The summed E-state index contributed by atoms with van der Waals surface area (Å²) in [5.74, 6) is 1.74. The minimum atomic E-state index is 0. The van der Waals surface area contributed by atoms with E-state index in [1.165, 1.54) is 16.7 Å². The Labute approximate surface area is 215 Å². The number of aromatic nitrogens is 6. The minimum Gasteiger partial charge on any atom is -0.351 e. The molecule has 0 bridgehead atoms. The zero-order valence-corrected chi connectivity index (χ0v) is 21.0. The van der Waals surface area contributed by atoms with Crippen LogP contribution in [0.4, 0.5) is 17.3 Å². The molecule has 10 heteroatoms. The molecule has 36 heavy (non-hydrogen) atoms. The Morgan fingerprint density at radius 1 is 1.06 bits per heavy atom. The number of nitrogens with zero attached hydrogens (tertiary/aromatic N) is 7. The SMILES string of the molecule is Cc1cc(Nc2ncnc3cnc(N4CCNCC4C)cc23)ccc1Cc1ccn2ncnc2c1.Cl. The van der Waals surface area contributed by atoms with Crippen LogP contribution in [0.25, 0.3) is 16.6 Å². The molecule has 5 heterocycles. The van der Waals surface area contributed by atoms with Gasteiger partial charge in [0.2, 0.25) is 0 Å². The quantitative estimate of drug-likeness (QED) is 0.374. The fraction of sp³-hybridized carbons (Fsp3) is 0.269. The van der Waals surface area contributed by atoms with Crippen LogP contribution in [0.5, 0.6) is 0 Å². The lowest BCUT2D eigenvalue weighted by molar-refractivity contribution is 0.497. The number of anilines is 3. The predicted molar refractivity (Wildman–Crippen MR) is 145 cm³/mol. The third-order valence-electron chi connectivity index (χ3n) is 6.65. The van der Waals surface area contributed by atoms with E-state index in [2.05, 4.69) is 90.8 Å². The molecule has 0 saturated carbocycles. The summed E-state index contributed by atoms with van der Waals surface area (Å²) < 4.78 is 1.78. The maximum Gasteiger partial charge on any atom is 0.155 e. The Kier molecular flexibility index (Phi) is 6.67. The maximum absolute atomic E-state index is 4.68. The van der Waals surface area contributed by atoms with Gasteiger partial charge in [0, 0.05) is 42.9 Å². The van der Waals surface area contributed by atoms with Crippen LogP contribution >= 0.6 is 12.4 Å². The molecule has 0 amide bonds. The van der Waals surface area contributed by atoms with Gasteiger partial charge in [0.1, 0.15) is 24.3 Å². The smallest absolute Gasteiger partial charge is 0.155 e. The van der Waals surface area contributed by atoms with Crippen molar-refractivity contribution < 1.29 is 0 Å². The van der Waals surface area contributed by atoms with Crippen molar-refractivity contribution >= 4 is 46.3 Å². The minimum absolute atomic E-state index is 0. The number of nitrogens with one attached hydrogen (secondary N) is 2. The topological polar surface area (TPSA) is 96.2 Å². The Morgan fingerprint density at radius 3 is 2.83 bits per heavy atom. The van der Waals surface area contributed by atoms with E-state index in [4.69, 9.17) is 0 Å². The number of pyridine rings is 2. The number of halogens is 1. The zero-order chi connectivity index (χ0) is 23.8. The van der Waals surface area contributed by atoms with Gasteiger partial charge in [-0.1, -0.05) is 6.07 Å². The second kappa shape index (κ2) is 10.0. The second-order valence-corrected chi connectivity index (χ2v) is 9.07. The number of aryl methyl sites for hydroxylation is 1. The first kappa shape index (κ1) is 23.9. The van der Waals surface area contributed by atoms with Crippen LogP contribution < -0.4 is 15.5 Å². The van der Waals surface area contributed by atoms with Gasteiger partial charge in [-0.05, 0) is 67.3 Å². The molecule has 1 saturated heterocycles. The first-order chi connectivity index (χ1) is 17.1. The average Bonchev–Trinajstić information content (AvgIpc) is 3.34. The number of hydrogen-bond acceptors (Lipinski definition) is 8. The lowest BCUT2D eigenvalue weighted by atomic mass is 10.0. The molecule has 0 aliphatic carbocycles. The van der Waals surface area contributed by atoms with Gasteiger partial charge in [-0.3, -0.25) is 0 Å². The highest BCUT2D eigenvalue weighted by Crippen LogP contribution is 2.28. The predicted octanol–water partition coefficient (Wildman–Crippen LogP) is 3.93. The Bertz CT molecular complexity index is 1520. The molecule has 1 aliphatic rings. The van der Waals surface area contributed by atoms with Crippen molar-refractivity contribution in [3.63, 3.8) is 0 Å². The van der Waals surface area contributed by atoms with Gasteiger partial charge in [0.15, 0.2) is 5.65 Å². The summed E-state index contributed by atoms with van der Waals surface area (Å²) in [7, 11) is 0. The van der Waals surface area contributed by atoms with Crippen LogP contribution in [0.1, 0.15) is 23.6 Å². The third kappa shape index (κ3) is 4.67. The first-order valence-corrected chi connectivity index (χ1v) is 11.9. The van der Waals surface area contributed by atoms with Crippen molar-refractivity contribution in [1.82, 2.24) is 34.9 Å². The molecule has 4 aromatic heterocycles. The molecule has 9 nitrogen and oxygen atoms in total. The van der Waals surface area contributed by atoms with Crippen molar-refractivity contribution in [2.24, 2.45) is 0 Å². The second-order valence-electron chi connectivity index (χ2n) is 9.07. The summed E-state index contributed by atoms with van der Waals surface area (Å²) in [6.07, 6.45) is 7.79. The Balaban J connectivity index is 0.00000267. The normalized spacial score (nSPS) is 15.7. The number of piperazine rings is 1. The van der Waals surface area contributed by atoms with E-state index < -0.39 is 0 Å². The summed E-state index contributed by atoms with van der Waals surface area (Å²) in [5, 5.41) is 12.1. The van der Waals surface area contributed by atoms with Crippen molar-refractivity contribution in [3.05, 3.63) is 78.1 Å². The van der Waals surface area contributed by atoms with Crippen LogP contribution in [0, 0.1) is 6.92 Å². The molecule has 0 spiro atoms. The van der Waals surface area contributed by atoms with Gasteiger partial charge in [0.05, 0.1) is 11.7 Å². The molecule has 184 valence electrons. The molecule has 0 radical (unpaired) electrons. The van der Waals surface area contributed by atoms with Crippen LogP contribution in [0.2, 0.25) is 0 Å². The summed E-state index contributed by atoms with van der Waals surface area (Å²) in [6.45, 7) is 7.20. The standard InChI is InChI=1S/C26H27N9.ClH/c1-17-9-21(4-3-20(17)10-19-5-7-35-25(11-19)30-16-32-35)33-26-22-12-24(28-14-23(22)29-15-31-26)34-8-6-27-13-18(34)2;/h3-5,7,9,11-12,14-16,18,27H,6,8,10,13H2,1-2H3,(H,29,31,33);1H. The Morgan fingerprint density at radius 2 is 1.97 bits per heavy atom. The van der Waals surface area contributed by atoms with Gasteiger partial charge in [-0.2, -0.15) is 5.10 Å². The van der Waals surface area contributed by atoms with E-state index in [0.29, 0.717) is 6.04 Å². The van der Waals surface area contributed by atoms with E-state index in [-0.39, 0.29) is 12.4 Å². The molecular weight excluding hydrogens is 474 g/mol. The fourth-order valence-electron chi connectivity index (χ4n) is 4.68. The number of hydrogen-bond donors (Lipinski definition) is 2. The van der Waals surface area contributed by atoms with Crippen LogP contribution in [0.15, 0.2) is 61.4 Å². The largest absolute Gasteiger partial charge is 0.351 e. The van der Waals surface area contributed by atoms with Gasteiger partial charge in [0.25, 0.3) is 0 Å². The number of rotatable bonds is 5. The lowest BCUT2D eigenvalue weighted by Gasteiger charge is -2.35. The van der Waals surface area contributed by atoms with Crippen molar-refractivity contribution in [3.8, 4) is 0 Å². The van der Waals surface area contributed by atoms with E-state index in [9.17, 15) is 0 Å². The molecule has 1 aromatic carbocycles. The molecular formula is C26H28ClN9. The molecule has 1 fully saturated rings. The van der Waals surface area contributed by atoms with Crippen LogP contribution in [-0.2, 0) is 6.42 Å². The summed E-state index contributed by atoms with van der Waals surface area (Å²) in [5.41, 5.74) is 6.37. The van der Waals surface area contributed by atoms with Gasteiger partial charge < -0.3 is 15.5 Å². The summed E-state index contributed by atoms with van der Waals surface area (Å²) >= 11 is 0. The zero-order valence-electron chi connectivity index (χ0n) is 20.2. The maximum atomic E-state index is 4.68. The van der Waals surface area contributed by atoms with E-state index >= 15 is 0 Å². The van der Waals surface area contributed by atoms with Crippen molar-refractivity contribution in [2.45, 2.75) is 26.3 Å². The van der Waals surface area contributed by atoms with Gasteiger partial charge in [-0.25, -0.2) is 24.5 Å². The molecule has 1 atom stereocenters. The molecule has 1 unspecified atom stereocenters. The van der Waals surface area contributed by atoms with Gasteiger partial charge >= 0.3 is 0 Å². The summed E-state index contributed by atoms with van der Waals surface area (Å²) in [6, 6.07) is 13.1. The highest BCUT2D eigenvalue weighted by Gasteiger charge is 2.20. The van der Waals surface area contributed by atoms with E-state index in [1.807, 2.05) is 12.4 Å². The highest BCUT2D eigenvalue weighted by atomic mass is 35.5. The van der Waals surface area contributed by atoms with Crippen molar-refractivity contribution in [2.75, 3.05) is 29.9 Å². The molecule has 1 aliphatic heterocycles. The average molecular weight is 502 g/mol. The fourth-order valence-corrected chi connectivity index (χ4v) is 4.68. The molecule has 6 rings (SSSR count). The van der Waals surface area contributed by atoms with E-state index in [1.54, 1.807) is 17.2 Å². The number of benzene rings is 1. The first-order valence-electron chi connectivity index (χ1n) is 11.9. The highest BCUT2D eigenvalue weighted by molar-refractivity contribution is 5.92. The number of fused-ring (bicyclic) bond motifs is 2.